The molecule has 3 rings (SSSR count). The molecule has 26 heavy (non-hydrogen) atoms. The fraction of sp³-hybridized carbons (Fsp3) is 0.273. The first-order chi connectivity index (χ1) is 12.7. The van der Waals surface area contributed by atoms with E-state index in [2.05, 4.69) is 57.8 Å². The maximum Gasteiger partial charge on any atom is 0.120 e. The van der Waals surface area contributed by atoms with E-state index < -0.39 is 0 Å². The number of fused-ring (bicyclic) bond motifs is 1. The second-order valence-electron chi connectivity index (χ2n) is 6.54. The maximum absolute atomic E-state index is 6.33. The van der Waals surface area contributed by atoms with Crippen molar-refractivity contribution in [2.45, 2.75) is 25.0 Å². The molecule has 1 aliphatic heterocycles. The fourth-order valence-corrected chi connectivity index (χ4v) is 2.93. The number of hydrogen-bond donors (Lipinski definition) is 2. The van der Waals surface area contributed by atoms with Crippen LogP contribution in [0.2, 0.25) is 0 Å². The van der Waals surface area contributed by atoms with Crippen molar-refractivity contribution in [3.05, 3.63) is 72.3 Å². The summed E-state index contributed by atoms with van der Waals surface area (Å²) in [6, 6.07) is 14.6. The van der Waals surface area contributed by atoms with Gasteiger partial charge in [0, 0.05) is 31.9 Å². The molecule has 0 radical (unpaired) electrons. The zero-order valence-corrected chi connectivity index (χ0v) is 15.4. The number of allylic oxidation sites excluding steroid dienone is 3. The minimum atomic E-state index is -0.311. The Morgan fingerprint density at radius 2 is 2.04 bits per heavy atom. The summed E-state index contributed by atoms with van der Waals surface area (Å²) in [5, 5.41) is 5.79. The van der Waals surface area contributed by atoms with Gasteiger partial charge in [0.25, 0.3) is 0 Å². The number of rotatable bonds is 7. The van der Waals surface area contributed by atoms with E-state index in [-0.39, 0.29) is 11.7 Å². The summed E-state index contributed by atoms with van der Waals surface area (Å²) in [5.74, 6) is 0. The van der Waals surface area contributed by atoms with Crippen molar-refractivity contribution in [1.29, 1.82) is 0 Å². The molecule has 3 N–H and O–H groups in total. The Kier molecular flexibility index (Phi) is 5.76. The van der Waals surface area contributed by atoms with E-state index in [1.165, 1.54) is 10.8 Å². The third-order valence-corrected chi connectivity index (χ3v) is 4.66. The Balaban J connectivity index is 1.66. The topological polar surface area (TPSA) is 72.7 Å². The van der Waals surface area contributed by atoms with Crippen LogP contribution >= 0.6 is 0 Å². The lowest BCUT2D eigenvalue weighted by Gasteiger charge is -2.14. The van der Waals surface area contributed by atoms with Crippen LogP contribution in [0.4, 0.5) is 0 Å². The van der Waals surface area contributed by atoms with Crippen molar-refractivity contribution >= 4 is 22.7 Å². The van der Waals surface area contributed by atoms with Gasteiger partial charge in [-0.25, -0.2) is 0 Å². The molecule has 0 aliphatic carbocycles. The van der Waals surface area contributed by atoms with Crippen molar-refractivity contribution in [2.75, 3.05) is 13.6 Å². The third-order valence-electron chi connectivity index (χ3n) is 4.66. The molecule has 2 unspecified atom stereocenters. The first-order valence-corrected chi connectivity index (χ1v) is 8.95. The second kappa shape index (κ2) is 8.21. The first-order valence-electron chi connectivity index (χ1n) is 8.95. The molecule has 0 spiro atoms. The van der Waals surface area contributed by atoms with Crippen LogP contribution in [-0.2, 0) is 0 Å². The predicted octanol–water partition coefficient (Wildman–Crippen LogP) is 3.48. The molecular formula is C22H26N4. The number of nitrogens with one attached hydrogen (secondary N) is 1. The number of nitrogens with zero attached hydrogens (tertiary/aromatic N) is 2. The van der Waals surface area contributed by atoms with Gasteiger partial charge in [0.2, 0.25) is 0 Å². The smallest absolute Gasteiger partial charge is 0.120 e. The molecule has 2 aromatic carbocycles. The number of nitrogens with two attached hydrogens (primary N) is 1. The molecule has 2 atom stereocenters. The molecule has 1 fully saturated rings. The Labute approximate surface area is 155 Å². The van der Waals surface area contributed by atoms with Gasteiger partial charge in [0.15, 0.2) is 0 Å². The lowest BCUT2D eigenvalue weighted by molar-refractivity contribution is 0.594. The second-order valence-corrected chi connectivity index (χ2v) is 6.54. The van der Waals surface area contributed by atoms with Crippen molar-refractivity contribution in [3.8, 4) is 0 Å². The summed E-state index contributed by atoms with van der Waals surface area (Å²) in [7, 11) is 1.81. The van der Waals surface area contributed by atoms with Crippen LogP contribution in [0.3, 0.4) is 0 Å². The largest absolute Gasteiger partial charge is 0.308 e. The van der Waals surface area contributed by atoms with E-state index in [1.54, 1.807) is 0 Å². The van der Waals surface area contributed by atoms with Gasteiger partial charge in [-0.3, -0.25) is 9.98 Å². The van der Waals surface area contributed by atoms with E-state index in [1.807, 2.05) is 44.5 Å². The van der Waals surface area contributed by atoms with E-state index in [9.17, 15) is 0 Å². The number of aliphatic imine (C=N–C) groups is 2. The maximum atomic E-state index is 6.33. The molecule has 4 heteroatoms. The van der Waals surface area contributed by atoms with Crippen LogP contribution in [0.5, 0.6) is 0 Å². The molecule has 134 valence electrons. The summed E-state index contributed by atoms with van der Waals surface area (Å²) in [4.78, 5) is 8.85. The number of benzene rings is 2. The molecule has 0 saturated carbocycles. The van der Waals surface area contributed by atoms with Gasteiger partial charge in [-0.15, -0.1) is 0 Å². The Bertz CT molecular complexity index is 873. The molecule has 0 aromatic heterocycles. The van der Waals surface area contributed by atoms with Crippen molar-refractivity contribution in [3.63, 3.8) is 0 Å². The molecule has 4 nitrogen and oxygen atoms in total. The molecule has 1 heterocycles. The predicted molar refractivity (Wildman–Crippen MR) is 112 cm³/mol. The average Bonchev–Trinajstić information content (AvgIpc) is 3.46. The van der Waals surface area contributed by atoms with E-state index in [0.717, 1.165) is 24.2 Å². The van der Waals surface area contributed by atoms with Gasteiger partial charge in [-0.2, -0.15) is 0 Å². The quantitative estimate of drug-likeness (QED) is 0.458. The molecule has 0 bridgehead atoms. The molecular weight excluding hydrogens is 320 g/mol. The van der Waals surface area contributed by atoms with Crippen LogP contribution in [0, 0.1) is 0 Å². The van der Waals surface area contributed by atoms with Crippen LogP contribution in [0.25, 0.3) is 10.8 Å². The Morgan fingerprint density at radius 3 is 2.73 bits per heavy atom. The fourth-order valence-electron chi connectivity index (χ4n) is 2.93. The lowest BCUT2D eigenvalue weighted by Crippen LogP contribution is -2.37. The SMILES string of the molecule is C/C=C\C(C/C=C\C1(C(N)/N=C/c2ccc3ccccc3c2)CN1)=N\C. The first kappa shape index (κ1) is 18.2. The molecule has 0 amide bonds. The van der Waals surface area contributed by atoms with Crippen molar-refractivity contribution in [2.24, 2.45) is 15.7 Å². The minimum Gasteiger partial charge on any atom is -0.308 e. The molecule has 2 aromatic rings. The molecule has 1 aliphatic rings. The van der Waals surface area contributed by atoms with E-state index in [4.69, 9.17) is 5.73 Å². The normalized spacial score (nSPS) is 22.0. The highest BCUT2D eigenvalue weighted by molar-refractivity contribution is 5.95. The lowest BCUT2D eigenvalue weighted by atomic mass is 10.0. The zero-order chi connectivity index (χ0) is 18.4. The van der Waals surface area contributed by atoms with Crippen LogP contribution in [0.15, 0.2) is 76.8 Å². The van der Waals surface area contributed by atoms with Gasteiger partial charge in [0.05, 0.1) is 5.54 Å². The van der Waals surface area contributed by atoms with Crippen molar-refractivity contribution < 1.29 is 0 Å². The van der Waals surface area contributed by atoms with Gasteiger partial charge in [-0.05, 0) is 35.4 Å². The summed E-state index contributed by atoms with van der Waals surface area (Å²) >= 11 is 0. The Hall–Kier alpha value is -2.56. The standard InChI is InChI=1S/C22H26N4/c1-3-7-20(24-2)10-6-13-22(16-26-22)21(23)25-15-17-11-12-18-8-4-5-9-19(18)14-17/h3-9,11-15,21,26H,10,16,23H2,1-2H3/b7-3-,13-6-,24-20-,25-15+. The molecule has 1 saturated heterocycles. The summed E-state index contributed by atoms with van der Waals surface area (Å²) < 4.78 is 0. The summed E-state index contributed by atoms with van der Waals surface area (Å²) in [6.07, 6.45) is 10.6. The van der Waals surface area contributed by atoms with E-state index in [0.29, 0.717) is 0 Å². The minimum absolute atomic E-state index is 0.234. The van der Waals surface area contributed by atoms with Crippen LogP contribution in [0.1, 0.15) is 18.9 Å². The highest BCUT2D eigenvalue weighted by Gasteiger charge is 2.45. The monoisotopic (exact) mass is 346 g/mol. The van der Waals surface area contributed by atoms with Crippen LogP contribution < -0.4 is 11.1 Å². The van der Waals surface area contributed by atoms with Gasteiger partial charge >= 0.3 is 0 Å². The average molecular weight is 346 g/mol. The highest BCUT2D eigenvalue weighted by Crippen LogP contribution is 2.24. The third kappa shape index (κ3) is 4.34. The summed E-state index contributed by atoms with van der Waals surface area (Å²) in [6.45, 7) is 2.85. The van der Waals surface area contributed by atoms with Gasteiger partial charge in [-0.1, -0.05) is 54.6 Å². The number of hydrogen-bond acceptors (Lipinski definition) is 4. The van der Waals surface area contributed by atoms with Gasteiger partial charge < -0.3 is 11.1 Å². The zero-order valence-electron chi connectivity index (χ0n) is 15.4. The summed E-state index contributed by atoms with van der Waals surface area (Å²) in [5.41, 5.74) is 8.20. The van der Waals surface area contributed by atoms with E-state index >= 15 is 0 Å². The van der Waals surface area contributed by atoms with Gasteiger partial charge in [0.1, 0.15) is 6.17 Å². The van der Waals surface area contributed by atoms with Crippen molar-refractivity contribution in [1.82, 2.24) is 5.32 Å². The Morgan fingerprint density at radius 1 is 1.27 bits per heavy atom. The highest BCUT2D eigenvalue weighted by atomic mass is 15.2. The van der Waals surface area contributed by atoms with Crippen LogP contribution in [-0.4, -0.2) is 37.2 Å².